The zero-order valence-electron chi connectivity index (χ0n) is 59.6. The minimum atomic E-state index is -1.88. The largest absolute Gasteiger partial charge is 0.460 e. The number of epoxide rings is 1. The van der Waals surface area contributed by atoms with Crippen LogP contribution in [0.1, 0.15) is 134 Å². The fourth-order valence-corrected chi connectivity index (χ4v) is 13.7. The molecule has 2 saturated heterocycles. The van der Waals surface area contributed by atoms with Crippen molar-refractivity contribution < 1.29 is 76.6 Å². The summed E-state index contributed by atoms with van der Waals surface area (Å²) >= 11 is 6.88. The Morgan fingerprint density at radius 1 is 0.900 bits per heavy atom. The second-order valence-corrected chi connectivity index (χ2v) is 28.3. The molecule has 4 bridgehead atoms. The summed E-state index contributed by atoms with van der Waals surface area (Å²) in [6.07, 6.45) is -0.130. The lowest BCUT2D eigenvalue weighted by atomic mass is 9.83. The van der Waals surface area contributed by atoms with Crippen molar-refractivity contribution in [2.24, 2.45) is 5.92 Å². The molecule has 0 spiro atoms. The number of Topliss-reactive ketones (excluding diaryl/α,β-unsaturated/α-hetero) is 1. The number of hydrogen-bond donors (Lipinski definition) is 3. The first kappa shape index (κ1) is 75.7. The van der Waals surface area contributed by atoms with Crippen LogP contribution in [0, 0.1) is 12.8 Å². The van der Waals surface area contributed by atoms with Crippen molar-refractivity contribution >= 4 is 75.8 Å². The predicted molar refractivity (Wildman–Crippen MR) is 377 cm³/mol. The van der Waals surface area contributed by atoms with Gasteiger partial charge in [-0.25, -0.2) is 24.4 Å². The molecule has 1 aliphatic carbocycles. The highest BCUT2D eigenvalue weighted by molar-refractivity contribution is 6.34. The van der Waals surface area contributed by atoms with Gasteiger partial charge in [-0.1, -0.05) is 115 Å². The Kier molecular flexibility index (Phi) is 24.6. The van der Waals surface area contributed by atoms with E-state index < -0.39 is 101 Å². The normalized spacial score (nSPS) is 22.9. The number of fused-ring (bicyclic) bond motifs is 9. The highest BCUT2D eigenvalue weighted by Crippen LogP contribution is 2.50. The Morgan fingerprint density at radius 3 is 2.27 bits per heavy atom. The van der Waals surface area contributed by atoms with Crippen LogP contribution in [0.15, 0.2) is 115 Å². The molecule has 100 heavy (non-hydrogen) atoms. The molecule has 4 aromatic carbocycles. The van der Waals surface area contributed by atoms with Crippen molar-refractivity contribution in [1.29, 1.82) is 0 Å². The monoisotopic (exact) mass is 1400 g/mol. The summed E-state index contributed by atoms with van der Waals surface area (Å²) in [4.78, 5) is 113. The van der Waals surface area contributed by atoms with Crippen LogP contribution < -0.4 is 15.5 Å². The number of hydrazine groups is 1. The summed E-state index contributed by atoms with van der Waals surface area (Å²) in [6.45, 7) is 14.6. The van der Waals surface area contributed by atoms with Gasteiger partial charge >= 0.3 is 24.1 Å². The molecule has 23 nitrogen and oxygen atoms in total. The van der Waals surface area contributed by atoms with Crippen molar-refractivity contribution in [3.05, 3.63) is 148 Å². The number of nitrogens with one attached hydrogen (secondary N) is 2. The van der Waals surface area contributed by atoms with Gasteiger partial charge in [-0.15, -0.1) is 0 Å². The Balaban J connectivity index is 0.785. The highest BCUT2D eigenvalue weighted by Gasteiger charge is 2.64. The molecule has 4 aliphatic rings. The summed E-state index contributed by atoms with van der Waals surface area (Å²) in [5.74, 6) is -3.72. The number of para-hydroxylation sites is 1. The SMILES string of the molecule is CO[C@@H]1/C=C/C=C(\C)Cc2cc(C)c(Cl)c(c2)N(C)C(=O)C[C@H](OC(=O)[C@H](C)N(C)C(=O)CCOCCCC(=O)[C@H](CCC(=O)OC(C)(C)C)NC(=O)CCn2c(CN(C)N(C)C(=O)OCC3c4ccccc4-c4ccccc43)cc3ccccc32)[C@]2(C)OC2[C@H](C)[C@@H]2C[C@]1(O)NC(=O)O2. The fraction of sp³-hybridized carbons (Fsp3) is 0.500. The highest BCUT2D eigenvalue weighted by atomic mass is 35.5. The van der Waals surface area contributed by atoms with E-state index >= 15 is 0 Å². The second kappa shape index (κ2) is 32.5. The Bertz CT molecular complexity index is 3870. The molecule has 1 unspecified atom stereocenters. The van der Waals surface area contributed by atoms with Crippen molar-refractivity contribution in [3.63, 3.8) is 0 Å². The lowest BCUT2D eigenvalue weighted by molar-refractivity contribution is -0.162. The lowest BCUT2D eigenvalue weighted by Gasteiger charge is -2.42. The smallest absolute Gasteiger partial charge is 0.424 e. The molecule has 538 valence electrons. The van der Waals surface area contributed by atoms with Gasteiger partial charge in [0.15, 0.2) is 11.5 Å². The number of amides is 5. The number of halogens is 1. The predicted octanol–water partition coefficient (Wildman–Crippen LogP) is 10.4. The summed E-state index contributed by atoms with van der Waals surface area (Å²) in [6, 6.07) is 27.6. The van der Waals surface area contributed by atoms with Gasteiger partial charge in [-0.05, 0) is 125 Å². The molecule has 0 radical (unpaired) electrons. The third-order valence-electron chi connectivity index (χ3n) is 19.4. The number of allylic oxidation sites excluding steroid dienone is 3. The summed E-state index contributed by atoms with van der Waals surface area (Å²) in [5.41, 5.74) is 5.17. The Labute approximate surface area is 590 Å². The van der Waals surface area contributed by atoms with Crippen LogP contribution in [0.2, 0.25) is 5.02 Å². The maximum Gasteiger partial charge on any atom is 0.424 e. The van der Waals surface area contributed by atoms with Gasteiger partial charge in [0.1, 0.15) is 42.2 Å². The van der Waals surface area contributed by atoms with Crippen molar-refractivity contribution in [2.45, 2.75) is 186 Å². The molecule has 24 heteroatoms. The number of anilines is 1. The van der Waals surface area contributed by atoms with E-state index in [-0.39, 0.29) is 96.0 Å². The van der Waals surface area contributed by atoms with E-state index in [0.717, 1.165) is 55.6 Å². The van der Waals surface area contributed by atoms with Gasteiger partial charge < -0.3 is 57.9 Å². The number of ether oxygens (including phenoxy) is 7. The number of aromatic nitrogens is 1. The third kappa shape index (κ3) is 18.2. The van der Waals surface area contributed by atoms with Gasteiger partial charge in [-0.2, -0.15) is 0 Å². The molecule has 5 amide bonds. The van der Waals surface area contributed by atoms with Gasteiger partial charge in [-0.3, -0.25) is 29.3 Å². The number of aliphatic hydroxyl groups is 1. The fourth-order valence-electron chi connectivity index (χ4n) is 13.5. The van der Waals surface area contributed by atoms with Crippen LogP contribution >= 0.6 is 11.6 Å². The van der Waals surface area contributed by atoms with E-state index in [2.05, 4.69) is 34.9 Å². The molecule has 9 rings (SSSR count). The first-order valence-corrected chi connectivity index (χ1v) is 34.5. The standard InChI is InChI=1S/C76H96ClN7O16/c1-46-22-20-30-63(94-13)76(93)43-62(97-72(91)79-76)48(3)70-75(8,100-70)64(42-67(88)82(11)60-40-50(38-46)39-47(2)69(60)77)98-71(90)49(4)81(10)66(87)34-37-95-36-21-29-61(85)58(31-32-68(89)99-74(5,6)7)78-65(86)33-35-84-52(41-51-23-14-19-28-59(51)84)44-80(9)83(12)73(92)96-45-57-55-26-17-15-24-53(55)54-25-16-18-27-56(54)57/h14-20,22-28,30,39-41,48-49,57-58,62-64,70,93H,21,29,31-38,42-45H2,1-13H3,(H,78,86)(H,79,91)/b30-20+,46-22+/t48-,49+,58+,62+,63-,64+,70?,75+,76-/m1/s1. The number of esters is 2. The molecule has 3 aliphatic heterocycles. The van der Waals surface area contributed by atoms with Gasteiger partial charge in [0, 0.05) is 97.2 Å². The Morgan fingerprint density at radius 2 is 1.58 bits per heavy atom. The van der Waals surface area contributed by atoms with E-state index in [9.17, 15) is 43.5 Å². The number of benzene rings is 4. The molecular weight excluding hydrogens is 1300 g/mol. The molecule has 9 atom stereocenters. The van der Waals surface area contributed by atoms with Crippen molar-refractivity contribution in [2.75, 3.05) is 60.0 Å². The van der Waals surface area contributed by atoms with Crippen LogP contribution in [0.5, 0.6) is 0 Å². The molecule has 3 N–H and O–H groups in total. The van der Waals surface area contributed by atoms with E-state index in [0.29, 0.717) is 17.1 Å². The van der Waals surface area contributed by atoms with Crippen molar-refractivity contribution in [3.8, 4) is 11.1 Å². The minimum absolute atomic E-state index is 0.0118. The molecular formula is C76H96ClN7O16. The average molecular weight is 1400 g/mol. The number of hydrogen-bond acceptors (Lipinski definition) is 17. The summed E-state index contributed by atoms with van der Waals surface area (Å²) < 4.78 is 43.4. The zero-order valence-corrected chi connectivity index (χ0v) is 60.4. The number of likely N-dealkylation sites (N-methyl/N-ethyl adjacent to an activating group) is 1. The van der Waals surface area contributed by atoms with Crippen LogP contribution in [0.25, 0.3) is 22.0 Å². The number of aryl methyl sites for hydroxylation is 2. The van der Waals surface area contributed by atoms with E-state index in [4.69, 9.17) is 44.8 Å². The summed E-state index contributed by atoms with van der Waals surface area (Å²) in [5, 5.41) is 21.8. The topological polar surface area (TPSA) is 267 Å². The molecule has 0 saturated carbocycles. The zero-order chi connectivity index (χ0) is 72.5. The molecule has 2 fully saturated rings. The maximum absolute atomic E-state index is 14.5. The van der Waals surface area contributed by atoms with Gasteiger partial charge in [0.25, 0.3) is 0 Å². The number of alkyl carbamates (subject to hydrolysis) is 1. The third-order valence-corrected chi connectivity index (χ3v) is 19.9. The van der Waals surface area contributed by atoms with E-state index in [1.54, 1.807) is 72.9 Å². The van der Waals surface area contributed by atoms with E-state index in [1.807, 2.05) is 91.2 Å². The maximum atomic E-state index is 14.5. The number of nitrogens with zero attached hydrogens (tertiary/aromatic N) is 5. The number of carbonyl (C=O) groups is 8. The lowest BCUT2D eigenvalue weighted by Crippen LogP contribution is -2.63. The van der Waals surface area contributed by atoms with Crippen LogP contribution in [0.4, 0.5) is 15.3 Å². The van der Waals surface area contributed by atoms with E-state index in [1.165, 1.54) is 35.9 Å². The number of carbonyl (C=O) groups excluding carboxylic acids is 8. The van der Waals surface area contributed by atoms with Crippen molar-refractivity contribution in [1.82, 2.24) is 30.1 Å². The van der Waals surface area contributed by atoms with Gasteiger partial charge in [0.05, 0.1) is 48.8 Å². The molecule has 1 aromatic heterocycles. The average Bonchev–Trinajstić information content (AvgIpc) is 1.56. The quantitative estimate of drug-likeness (QED) is 0.0170. The molecule has 5 aromatic rings. The number of ketones is 1. The first-order valence-electron chi connectivity index (χ1n) is 34.2. The van der Waals surface area contributed by atoms with Crippen LogP contribution in [-0.2, 0) is 81.4 Å². The van der Waals surface area contributed by atoms with Crippen LogP contribution in [-0.4, -0.2) is 181 Å². The number of rotatable bonds is 24. The summed E-state index contributed by atoms with van der Waals surface area (Å²) in [7, 11) is 7.89. The number of methoxy groups -OCH3 is 1. The van der Waals surface area contributed by atoms with Gasteiger partial charge in [0.2, 0.25) is 17.7 Å². The van der Waals surface area contributed by atoms with Crippen LogP contribution in [0.3, 0.4) is 0 Å². The first-order chi connectivity index (χ1) is 47.4. The minimum Gasteiger partial charge on any atom is -0.460 e. The molecule has 4 heterocycles. The Hall–Kier alpha value is -8.45. The second-order valence-electron chi connectivity index (χ2n) is 27.9.